The largest absolute Gasteiger partial charge is 0.482 e. The first kappa shape index (κ1) is 17.0. The summed E-state index contributed by atoms with van der Waals surface area (Å²) >= 11 is 9.00. The molecule has 1 unspecified atom stereocenters. The third-order valence-electron chi connectivity index (χ3n) is 3.80. The number of benzene rings is 1. The topological polar surface area (TPSA) is 104 Å². The van der Waals surface area contributed by atoms with Crippen molar-refractivity contribution in [3.05, 3.63) is 29.4 Å². The Morgan fingerprint density at radius 3 is 2.78 bits per heavy atom. The van der Waals surface area contributed by atoms with Crippen LogP contribution in [0.5, 0.6) is 5.75 Å². The van der Waals surface area contributed by atoms with Gasteiger partial charge >= 0.3 is 0 Å². The molecule has 2 heterocycles. The van der Waals surface area contributed by atoms with E-state index >= 15 is 0 Å². The molecule has 9 heteroatoms. The van der Waals surface area contributed by atoms with Crippen LogP contribution in [0.3, 0.4) is 0 Å². The molecule has 1 aliphatic heterocycles. The van der Waals surface area contributed by atoms with Gasteiger partial charge in [0.25, 0.3) is 0 Å². The van der Waals surface area contributed by atoms with Gasteiger partial charge in [-0.2, -0.15) is 0 Å². The number of aromatic nitrogens is 1. The smallest absolute Gasteiger partial charge is 0.186 e. The van der Waals surface area contributed by atoms with Crippen molar-refractivity contribution in [3.8, 4) is 5.75 Å². The molecule has 4 N–H and O–H groups in total. The Hall–Kier alpha value is -0.870. The highest BCUT2D eigenvalue weighted by atomic mass is 79.9. The molecule has 7 nitrogen and oxygen atoms in total. The van der Waals surface area contributed by atoms with Gasteiger partial charge in [0, 0.05) is 6.20 Å². The Labute approximate surface area is 145 Å². The molecule has 1 aromatic heterocycles. The van der Waals surface area contributed by atoms with Gasteiger partial charge in [-0.1, -0.05) is 17.7 Å². The third-order valence-corrected chi connectivity index (χ3v) is 4.55. The van der Waals surface area contributed by atoms with Crippen molar-refractivity contribution in [2.45, 2.75) is 30.7 Å². The summed E-state index contributed by atoms with van der Waals surface area (Å²) in [5.74, 6) is 0.398. The van der Waals surface area contributed by atoms with Crippen LogP contribution in [0.15, 0.2) is 24.4 Å². The zero-order valence-corrected chi connectivity index (χ0v) is 14.1. The van der Waals surface area contributed by atoms with Crippen molar-refractivity contribution < 1.29 is 28.6 Å². The summed E-state index contributed by atoms with van der Waals surface area (Å²) in [4.78, 5) is 3.02. The number of ether oxygens (including phenoxy) is 2. The van der Waals surface area contributed by atoms with Gasteiger partial charge in [0.15, 0.2) is 18.5 Å². The number of H-pyrrole nitrogens is 1. The highest BCUT2D eigenvalue weighted by molar-refractivity contribution is 9.06. The maximum absolute atomic E-state index is 10.3. The molecule has 0 saturated carbocycles. The van der Waals surface area contributed by atoms with Crippen LogP contribution in [0.2, 0.25) is 5.02 Å². The van der Waals surface area contributed by atoms with E-state index < -0.39 is 37.3 Å². The summed E-state index contributed by atoms with van der Waals surface area (Å²) in [6.07, 6.45) is -3.95. The van der Waals surface area contributed by atoms with E-state index in [1.54, 1.807) is 18.3 Å². The summed E-state index contributed by atoms with van der Waals surface area (Å²) in [5, 5.41) is 30.7. The molecule has 1 fully saturated rings. The van der Waals surface area contributed by atoms with E-state index in [-0.39, 0.29) is 0 Å². The fourth-order valence-corrected chi connectivity index (χ4v) is 3.30. The van der Waals surface area contributed by atoms with E-state index in [1.807, 2.05) is 6.07 Å². The van der Waals surface area contributed by atoms with Crippen LogP contribution in [0.1, 0.15) is 0 Å². The average Bonchev–Trinajstić information content (AvgIpc) is 2.95. The highest BCUT2D eigenvalue weighted by Gasteiger charge is 2.47. The summed E-state index contributed by atoms with van der Waals surface area (Å²) in [6, 6.07) is 5.34. The van der Waals surface area contributed by atoms with Crippen LogP contribution in [-0.4, -0.2) is 57.6 Å². The molecular formula is C14H15BrClNO6. The minimum Gasteiger partial charge on any atom is -0.482 e. The number of rotatable bonds is 4. The minimum absolute atomic E-state index is 0.398. The van der Waals surface area contributed by atoms with E-state index in [9.17, 15) is 15.3 Å². The first-order valence-electron chi connectivity index (χ1n) is 6.89. The molecule has 1 saturated heterocycles. The first-order valence-corrected chi connectivity index (χ1v) is 7.91. The van der Waals surface area contributed by atoms with Crippen molar-refractivity contribution >= 4 is 38.8 Å². The summed E-state index contributed by atoms with van der Waals surface area (Å²) in [6.45, 7) is -0.471. The third kappa shape index (κ3) is 3.08. The van der Waals surface area contributed by atoms with Crippen molar-refractivity contribution in [1.29, 1.82) is 0 Å². The Kier molecular flexibility index (Phi) is 5.12. The number of fused-ring (bicyclic) bond motifs is 1. The first-order chi connectivity index (χ1) is 11.1. The molecule has 0 radical (unpaired) electrons. The normalized spacial score (nSPS) is 31.4. The molecule has 2 aromatic rings. The van der Waals surface area contributed by atoms with Gasteiger partial charge in [-0.05, 0) is 12.1 Å². The van der Waals surface area contributed by atoms with Crippen LogP contribution in [-0.2, 0) is 8.57 Å². The lowest BCUT2D eigenvalue weighted by molar-refractivity contribution is -0.272. The van der Waals surface area contributed by atoms with Gasteiger partial charge in [0.1, 0.15) is 18.0 Å². The molecule has 1 aromatic carbocycles. The highest BCUT2D eigenvalue weighted by Crippen LogP contribution is 2.35. The standard InChI is InChI=1S/C14H15BrClNO6/c15-23-13-12(11(19)9(5-18)22-14(13)20)21-8-4-17-7-3-1-2-6(16)10(7)8/h1-4,9,11-14,17-20H,5H2/t9-,11+,12+,13-,14?/m1/s1. The van der Waals surface area contributed by atoms with E-state index in [1.165, 1.54) is 0 Å². The number of nitrogens with one attached hydrogen (secondary N) is 1. The molecular weight excluding hydrogens is 394 g/mol. The van der Waals surface area contributed by atoms with Crippen LogP contribution in [0, 0.1) is 0 Å². The van der Waals surface area contributed by atoms with Gasteiger partial charge in [0.2, 0.25) is 0 Å². The van der Waals surface area contributed by atoms with Crippen LogP contribution >= 0.6 is 27.9 Å². The zero-order valence-electron chi connectivity index (χ0n) is 11.7. The van der Waals surface area contributed by atoms with Crippen molar-refractivity contribution in [1.82, 2.24) is 4.98 Å². The Balaban J connectivity index is 1.94. The molecule has 0 aliphatic carbocycles. The van der Waals surface area contributed by atoms with Gasteiger partial charge < -0.3 is 29.8 Å². The Morgan fingerprint density at radius 2 is 2.09 bits per heavy atom. The van der Waals surface area contributed by atoms with Crippen LogP contribution in [0.25, 0.3) is 10.9 Å². The van der Waals surface area contributed by atoms with E-state index in [0.717, 1.165) is 5.52 Å². The maximum atomic E-state index is 10.3. The lowest BCUT2D eigenvalue weighted by atomic mass is 9.99. The van der Waals surface area contributed by atoms with Crippen molar-refractivity contribution in [3.63, 3.8) is 0 Å². The van der Waals surface area contributed by atoms with Crippen LogP contribution < -0.4 is 4.74 Å². The minimum atomic E-state index is -1.37. The number of halogens is 2. The average molecular weight is 409 g/mol. The van der Waals surface area contributed by atoms with Crippen LogP contribution in [0.4, 0.5) is 0 Å². The van der Waals surface area contributed by atoms with Crippen molar-refractivity contribution in [2.75, 3.05) is 6.61 Å². The Bertz CT molecular complexity index is 682. The quantitative estimate of drug-likeness (QED) is 0.609. The fraction of sp³-hybridized carbons (Fsp3) is 0.429. The number of aromatic amines is 1. The summed E-state index contributed by atoms with van der Waals surface area (Å²) in [7, 11) is 0. The monoisotopic (exact) mass is 407 g/mol. The lowest BCUT2D eigenvalue weighted by Crippen LogP contribution is -2.60. The second-order valence-electron chi connectivity index (χ2n) is 5.19. The second kappa shape index (κ2) is 6.94. The molecule has 5 atom stereocenters. The van der Waals surface area contributed by atoms with Gasteiger partial charge in [-0.25, -0.2) is 0 Å². The molecule has 1 aliphatic rings. The van der Waals surface area contributed by atoms with E-state index in [0.29, 0.717) is 16.2 Å². The zero-order chi connectivity index (χ0) is 16.6. The van der Waals surface area contributed by atoms with Gasteiger partial charge in [0.05, 0.1) is 38.8 Å². The number of hydrogen-bond donors (Lipinski definition) is 4. The molecule has 0 bridgehead atoms. The summed E-state index contributed by atoms with van der Waals surface area (Å²) in [5.41, 5.74) is 0.768. The van der Waals surface area contributed by atoms with Crippen molar-refractivity contribution in [2.24, 2.45) is 0 Å². The Morgan fingerprint density at radius 1 is 1.30 bits per heavy atom. The number of hydrogen-bond acceptors (Lipinski definition) is 6. The summed E-state index contributed by atoms with van der Waals surface area (Å²) < 4.78 is 15.9. The number of aliphatic hydroxyl groups is 3. The second-order valence-corrected chi connectivity index (χ2v) is 5.97. The molecule has 0 amide bonds. The van der Waals surface area contributed by atoms with E-state index in [4.69, 9.17) is 24.9 Å². The van der Waals surface area contributed by atoms with Gasteiger partial charge in [-0.3, -0.25) is 3.83 Å². The number of aliphatic hydroxyl groups excluding tert-OH is 3. The van der Waals surface area contributed by atoms with Gasteiger partial charge in [-0.15, -0.1) is 0 Å². The molecule has 126 valence electrons. The lowest BCUT2D eigenvalue weighted by Gasteiger charge is -2.40. The predicted octanol–water partition coefficient (Wildman–Crippen LogP) is 1.33. The molecule has 23 heavy (non-hydrogen) atoms. The fourth-order valence-electron chi connectivity index (χ4n) is 2.64. The molecule has 0 spiro atoms. The van der Waals surface area contributed by atoms with E-state index in [2.05, 4.69) is 21.2 Å². The SMILES string of the molecule is OC[C@H]1OC(O)[C@H](OBr)[C@@H](Oc2c[nH]c3cccc(Cl)c23)[C@H]1O. The maximum Gasteiger partial charge on any atom is 0.186 e. The predicted molar refractivity (Wildman–Crippen MR) is 85.5 cm³/mol. The molecule has 3 rings (SSSR count).